The summed E-state index contributed by atoms with van der Waals surface area (Å²) in [6.07, 6.45) is -0.616. The molecule has 0 spiro atoms. The lowest BCUT2D eigenvalue weighted by molar-refractivity contribution is -0.605. The van der Waals surface area contributed by atoms with Crippen molar-refractivity contribution in [3.05, 3.63) is 34.7 Å². The summed E-state index contributed by atoms with van der Waals surface area (Å²) in [4.78, 5) is 0. The molecule has 0 aromatic carbocycles. The Morgan fingerprint density at radius 2 is 2.12 bits per heavy atom. The minimum absolute atomic E-state index is 0.186. The van der Waals surface area contributed by atoms with Gasteiger partial charge in [-0.15, -0.1) is 0 Å². The fourth-order valence-electron chi connectivity index (χ4n) is 0.320. The highest BCUT2D eigenvalue weighted by Gasteiger charge is 1.85. The van der Waals surface area contributed by atoms with Crippen molar-refractivity contribution >= 4 is 11.6 Å². The van der Waals surface area contributed by atoms with Gasteiger partial charge in [0.1, 0.15) is 2.74 Å². The first-order valence-electron chi connectivity index (χ1n) is 2.97. The van der Waals surface area contributed by atoms with Crippen LogP contribution in [-0.4, -0.2) is 0 Å². The quantitative estimate of drug-likeness (QED) is 0.381. The van der Waals surface area contributed by atoms with Gasteiger partial charge in [0, 0.05) is 12.1 Å². The molecule has 0 N–H and O–H groups in total. The third-order valence-corrected chi connectivity index (χ3v) is 0.858. The number of nitrogens with zero attached hydrogens (tertiary/aromatic N) is 1. The molecular formula is C5H4ClNO. The molecular weight excluding hydrogens is 126 g/mol. The first-order chi connectivity index (χ1) is 4.61. The van der Waals surface area contributed by atoms with Crippen molar-refractivity contribution in [3.8, 4) is 0 Å². The number of rotatable bonds is 0. The van der Waals surface area contributed by atoms with Crippen molar-refractivity contribution in [2.24, 2.45) is 0 Å². The number of aromatic nitrogens is 1. The molecule has 0 saturated carbocycles. The zero-order chi connectivity index (χ0) is 7.72. The van der Waals surface area contributed by atoms with Crippen LogP contribution >= 0.6 is 11.6 Å². The van der Waals surface area contributed by atoms with Gasteiger partial charge in [-0.2, -0.15) is 4.73 Å². The molecule has 0 saturated heterocycles. The number of hydrogen-bond donors (Lipinski definition) is 0. The molecule has 1 aromatic heterocycles. The topological polar surface area (TPSA) is 26.9 Å². The first kappa shape index (κ1) is 3.30. The van der Waals surface area contributed by atoms with Crippen LogP contribution in [0.2, 0.25) is 5.02 Å². The Labute approximate surface area is 54.7 Å². The van der Waals surface area contributed by atoms with Crippen molar-refractivity contribution < 1.29 is 7.47 Å². The Morgan fingerprint density at radius 1 is 1.62 bits per heavy atom. The fraction of sp³-hybridized carbons (Fsp3) is 0. The van der Waals surface area contributed by atoms with E-state index in [-0.39, 0.29) is 22.1 Å². The minimum Gasteiger partial charge on any atom is -0.619 e. The van der Waals surface area contributed by atoms with Gasteiger partial charge in [-0.25, -0.2) is 0 Å². The van der Waals surface area contributed by atoms with Crippen molar-refractivity contribution in [3.63, 3.8) is 0 Å². The van der Waals surface area contributed by atoms with Gasteiger partial charge in [-0.1, -0.05) is 11.6 Å². The van der Waals surface area contributed by atoms with E-state index in [1.807, 2.05) is 0 Å². The van der Waals surface area contributed by atoms with Crippen LogP contribution in [0.25, 0.3) is 0 Å². The second kappa shape index (κ2) is 2.01. The summed E-state index contributed by atoms with van der Waals surface area (Å²) in [5, 5.41) is 10.8. The zero-order valence-corrected chi connectivity index (χ0v) is 4.64. The van der Waals surface area contributed by atoms with Crippen LogP contribution in [0.1, 0.15) is 2.74 Å². The predicted molar refractivity (Wildman–Crippen MR) is 30.4 cm³/mol. The third kappa shape index (κ3) is 1.10. The summed E-state index contributed by atoms with van der Waals surface area (Å²) in [6, 6.07) is 2.37. The van der Waals surface area contributed by atoms with E-state index in [4.69, 9.17) is 14.3 Å². The number of hydrogen-bond acceptors (Lipinski definition) is 1. The summed E-state index contributed by atoms with van der Waals surface area (Å²) >= 11 is 5.43. The molecule has 3 heteroatoms. The van der Waals surface area contributed by atoms with Crippen LogP contribution in [-0.2, 0) is 0 Å². The standard InChI is InChI=1S/C5H4ClNO/c6-5-1-3-7(8)4-2-5/h1-4H/i3D,4D. The Bertz CT molecular complexity index is 243. The Balaban J connectivity index is 3.31. The van der Waals surface area contributed by atoms with E-state index in [1.165, 1.54) is 12.1 Å². The number of pyridine rings is 1. The molecule has 1 aromatic rings. The van der Waals surface area contributed by atoms with Crippen molar-refractivity contribution in [1.82, 2.24) is 0 Å². The van der Waals surface area contributed by atoms with Crippen LogP contribution in [0.4, 0.5) is 0 Å². The fourth-order valence-corrected chi connectivity index (χ4v) is 0.417. The van der Waals surface area contributed by atoms with E-state index in [0.717, 1.165) is 0 Å². The Hall–Kier alpha value is -0.760. The van der Waals surface area contributed by atoms with E-state index in [1.54, 1.807) is 0 Å². The second-order valence-corrected chi connectivity index (χ2v) is 1.66. The normalized spacial score (nSPS) is 12.6. The van der Waals surface area contributed by atoms with Crippen LogP contribution in [0.15, 0.2) is 24.5 Å². The highest BCUT2D eigenvalue weighted by Crippen LogP contribution is 2.00. The molecule has 0 unspecified atom stereocenters. The smallest absolute Gasteiger partial charge is 0.181 e. The van der Waals surface area contributed by atoms with Gasteiger partial charge in [0.25, 0.3) is 0 Å². The first-order valence-corrected chi connectivity index (χ1v) is 2.35. The average Bonchev–Trinajstić information content (AvgIpc) is 1.82. The van der Waals surface area contributed by atoms with Gasteiger partial charge in [-0.3, -0.25) is 0 Å². The van der Waals surface area contributed by atoms with Crippen molar-refractivity contribution in [2.45, 2.75) is 0 Å². The van der Waals surface area contributed by atoms with Crippen LogP contribution < -0.4 is 4.73 Å². The highest BCUT2D eigenvalue weighted by molar-refractivity contribution is 6.30. The van der Waals surface area contributed by atoms with Gasteiger partial charge in [0.2, 0.25) is 0 Å². The molecule has 0 aliphatic rings. The third-order valence-electron chi connectivity index (χ3n) is 0.639. The molecule has 2 nitrogen and oxygen atoms in total. The predicted octanol–water partition coefficient (Wildman–Crippen LogP) is 0.973. The highest BCUT2D eigenvalue weighted by atomic mass is 35.5. The summed E-state index contributed by atoms with van der Waals surface area (Å²) in [5.41, 5.74) is 0. The van der Waals surface area contributed by atoms with E-state index in [2.05, 4.69) is 0 Å². The summed E-state index contributed by atoms with van der Waals surface area (Å²) in [6.45, 7) is 0. The molecule has 0 bridgehead atoms. The van der Waals surface area contributed by atoms with Gasteiger partial charge < -0.3 is 5.21 Å². The molecule has 0 radical (unpaired) electrons. The van der Waals surface area contributed by atoms with Crippen LogP contribution in [0.5, 0.6) is 0 Å². The van der Waals surface area contributed by atoms with Gasteiger partial charge in [0.05, 0.1) is 5.02 Å². The molecule has 0 amide bonds. The molecule has 8 heavy (non-hydrogen) atoms. The lowest BCUT2D eigenvalue weighted by atomic mass is 10.5. The molecule has 1 heterocycles. The van der Waals surface area contributed by atoms with Crippen LogP contribution in [0.3, 0.4) is 0 Å². The lowest BCUT2D eigenvalue weighted by Gasteiger charge is -1.90. The SMILES string of the molecule is [2H]c1cc(Cl)cc([2H])[n+]1[O-]. The van der Waals surface area contributed by atoms with Crippen molar-refractivity contribution in [2.75, 3.05) is 0 Å². The van der Waals surface area contributed by atoms with E-state index in [9.17, 15) is 5.21 Å². The van der Waals surface area contributed by atoms with Crippen molar-refractivity contribution in [1.29, 1.82) is 0 Å². The summed E-state index contributed by atoms with van der Waals surface area (Å²) < 4.78 is 14.1. The Kier molecular flexibility index (Phi) is 0.828. The summed E-state index contributed by atoms with van der Waals surface area (Å²) in [5.74, 6) is 0. The van der Waals surface area contributed by atoms with E-state index < -0.39 is 0 Å². The number of halogens is 1. The maximum atomic E-state index is 10.6. The molecule has 42 valence electrons. The largest absolute Gasteiger partial charge is 0.619 e. The van der Waals surface area contributed by atoms with E-state index in [0.29, 0.717) is 0 Å². The molecule has 1 rings (SSSR count). The minimum atomic E-state index is -0.308. The summed E-state index contributed by atoms with van der Waals surface area (Å²) in [7, 11) is 0. The lowest BCUT2D eigenvalue weighted by Crippen LogP contribution is -2.23. The van der Waals surface area contributed by atoms with Crippen LogP contribution in [0, 0.1) is 5.21 Å². The average molecular weight is 132 g/mol. The Morgan fingerprint density at radius 3 is 2.62 bits per heavy atom. The van der Waals surface area contributed by atoms with E-state index >= 15 is 0 Å². The molecule has 0 aliphatic heterocycles. The maximum absolute atomic E-state index is 10.6. The van der Waals surface area contributed by atoms with Gasteiger partial charge >= 0.3 is 0 Å². The molecule has 0 atom stereocenters. The van der Waals surface area contributed by atoms with Gasteiger partial charge in [-0.05, 0) is 0 Å². The monoisotopic (exact) mass is 131 g/mol. The molecule has 0 fully saturated rings. The second-order valence-electron chi connectivity index (χ2n) is 1.23. The maximum Gasteiger partial charge on any atom is 0.181 e. The molecule has 0 aliphatic carbocycles. The van der Waals surface area contributed by atoms with Gasteiger partial charge in [0.15, 0.2) is 12.3 Å². The zero-order valence-electron chi connectivity index (χ0n) is 5.89.